The van der Waals surface area contributed by atoms with Gasteiger partial charge in [0, 0.05) is 6.42 Å². The van der Waals surface area contributed by atoms with E-state index in [1.807, 2.05) is 6.08 Å². The second-order valence-corrected chi connectivity index (χ2v) is 11.8. The number of carboxylic acid groups (broad SMARTS) is 3. The number of unbranched alkanes of at least 4 members (excludes halogenated alkanes) is 18. The molecule has 0 aliphatic carbocycles. The number of quaternary nitrogens is 1. The summed E-state index contributed by atoms with van der Waals surface area (Å²) in [7, 11) is 0. The van der Waals surface area contributed by atoms with Gasteiger partial charge in [-0.05, 0) is 40.0 Å². The van der Waals surface area contributed by atoms with Gasteiger partial charge in [0.2, 0.25) is 0 Å². The Labute approximate surface area is 245 Å². The van der Waals surface area contributed by atoms with Gasteiger partial charge >= 0.3 is 11.9 Å². The fourth-order valence-electron chi connectivity index (χ4n) is 5.90. The Morgan fingerprint density at radius 1 is 0.575 bits per heavy atom. The highest BCUT2D eigenvalue weighted by atomic mass is 16.4. The summed E-state index contributed by atoms with van der Waals surface area (Å²) in [6.07, 6.45) is 29.3. The quantitative estimate of drug-likeness (QED) is 0.0584. The van der Waals surface area contributed by atoms with E-state index in [-0.39, 0.29) is 6.54 Å². The van der Waals surface area contributed by atoms with Crippen LogP contribution in [0.1, 0.15) is 156 Å². The lowest BCUT2D eigenvalue weighted by Crippen LogP contribution is -2.71. The van der Waals surface area contributed by atoms with Crippen LogP contribution in [0.5, 0.6) is 0 Å². The third-order valence-electron chi connectivity index (χ3n) is 8.78. The second kappa shape index (κ2) is 23.8. The minimum absolute atomic E-state index is 0.138. The van der Waals surface area contributed by atoms with Crippen LogP contribution in [-0.4, -0.2) is 57.3 Å². The molecule has 0 saturated heterocycles. The molecule has 40 heavy (non-hydrogen) atoms. The highest BCUT2D eigenvalue weighted by Gasteiger charge is 2.50. The Kier molecular flexibility index (Phi) is 22.7. The van der Waals surface area contributed by atoms with Gasteiger partial charge in [0.25, 0.3) is 0 Å². The SMILES string of the molecule is CCCCCCCCCCCCCCCCCCC/C=C/CCC[N+](C(C)C(=O)[O-])(C(C)C(=O)O)C(C)C(=O)O. The van der Waals surface area contributed by atoms with Gasteiger partial charge in [0.1, 0.15) is 6.04 Å². The van der Waals surface area contributed by atoms with Gasteiger partial charge in [0.15, 0.2) is 12.1 Å². The van der Waals surface area contributed by atoms with E-state index in [0.29, 0.717) is 12.8 Å². The van der Waals surface area contributed by atoms with E-state index in [1.165, 1.54) is 124 Å². The van der Waals surface area contributed by atoms with Gasteiger partial charge < -0.3 is 20.1 Å². The summed E-state index contributed by atoms with van der Waals surface area (Å²) in [4.78, 5) is 35.3. The van der Waals surface area contributed by atoms with Crippen molar-refractivity contribution in [3.8, 4) is 0 Å². The van der Waals surface area contributed by atoms with Gasteiger partial charge in [-0.3, -0.25) is 4.48 Å². The highest BCUT2D eigenvalue weighted by Crippen LogP contribution is 2.27. The molecule has 0 radical (unpaired) electrons. The van der Waals surface area contributed by atoms with E-state index in [4.69, 9.17) is 0 Å². The van der Waals surface area contributed by atoms with E-state index in [0.717, 1.165) is 12.8 Å². The highest BCUT2D eigenvalue weighted by molar-refractivity contribution is 5.76. The van der Waals surface area contributed by atoms with E-state index in [2.05, 4.69) is 13.0 Å². The molecular weight excluding hydrogens is 506 g/mol. The zero-order valence-corrected chi connectivity index (χ0v) is 26.2. The number of nitrogens with zero attached hydrogens (tertiary/aromatic N) is 1. The Morgan fingerprint density at radius 2 is 0.900 bits per heavy atom. The van der Waals surface area contributed by atoms with Crippen molar-refractivity contribution >= 4 is 17.9 Å². The second-order valence-electron chi connectivity index (χ2n) is 11.8. The number of hydrogen-bond donors (Lipinski definition) is 2. The topological polar surface area (TPSA) is 115 Å². The molecule has 0 fully saturated rings. The molecule has 0 aromatic heterocycles. The zero-order valence-electron chi connectivity index (χ0n) is 26.2. The van der Waals surface area contributed by atoms with Crippen molar-refractivity contribution in [3.63, 3.8) is 0 Å². The molecule has 0 aromatic rings. The minimum atomic E-state index is -1.43. The van der Waals surface area contributed by atoms with E-state index in [9.17, 15) is 29.7 Å². The molecule has 0 saturated carbocycles. The predicted molar refractivity (Wildman–Crippen MR) is 161 cm³/mol. The lowest BCUT2D eigenvalue weighted by Gasteiger charge is -2.49. The summed E-state index contributed by atoms with van der Waals surface area (Å²) in [5.41, 5.74) is 0. The molecule has 7 nitrogen and oxygen atoms in total. The molecule has 3 atom stereocenters. The number of carbonyl (C=O) groups is 3. The summed E-state index contributed by atoms with van der Waals surface area (Å²) in [6, 6.07) is -3.62. The third kappa shape index (κ3) is 15.8. The Bertz CT molecular complexity index is 657. The normalized spacial score (nSPS) is 15.5. The van der Waals surface area contributed by atoms with Crippen LogP contribution in [-0.2, 0) is 14.4 Å². The smallest absolute Gasteiger partial charge is 0.362 e. The molecule has 234 valence electrons. The lowest BCUT2D eigenvalue weighted by molar-refractivity contribution is -0.969. The van der Waals surface area contributed by atoms with Crippen molar-refractivity contribution in [2.24, 2.45) is 0 Å². The van der Waals surface area contributed by atoms with Crippen LogP contribution in [0.3, 0.4) is 0 Å². The third-order valence-corrected chi connectivity index (χ3v) is 8.78. The maximum atomic E-state index is 11.8. The first-order chi connectivity index (χ1) is 19.1. The fraction of sp³-hybridized carbons (Fsp3) is 0.848. The van der Waals surface area contributed by atoms with Crippen molar-refractivity contribution in [1.29, 1.82) is 0 Å². The van der Waals surface area contributed by atoms with Gasteiger partial charge in [-0.2, -0.15) is 0 Å². The maximum absolute atomic E-state index is 11.8. The maximum Gasteiger partial charge on any atom is 0.362 e. The average molecular weight is 568 g/mol. The Hall–Kier alpha value is -1.89. The first-order valence-electron chi connectivity index (χ1n) is 16.3. The van der Waals surface area contributed by atoms with E-state index < -0.39 is 40.5 Å². The van der Waals surface area contributed by atoms with Crippen molar-refractivity contribution in [1.82, 2.24) is 0 Å². The van der Waals surface area contributed by atoms with Gasteiger partial charge in [-0.25, -0.2) is 9.59 Å². The Balaban J connectivity index is 4.03. The zero-order chi connectivity index (χ0) is 30.2. The molecule has 2 N–H and O–H groups in total. The summed E-state index contributed by atoms with van der Waals surface area (Å²) >= 11 is 0. The molecule has 0 spiro atoms. The van der Waals surface area contributed by atoms with Crippen LogP contribution in [0.4, 0.5) is 0 Å². The average Bonchev–Trinajstić information content (AvgIpc) is 2.92. The van der Waals surface area contributed by atoms with Crippen LogP contribution < -0.4 is 5.11 Å². The summed E-state index contributed by atoms with van der Waals surface area (Å²) < 4.78 is -0.569. The van der Waals surface area contributed by atoms with Gasteiger partial charge in [-0.15, -0.1) is 0 Å². The van der Waals surface area contributed by atoms with Crippen molar-refractivity contribution < 1.29 is 34.2 Å². The summed E-state index contributed by atoms with van der Waals surface area (Å²) in [6.45, 7) is 6.52. The van der Waals surface area contributed by atoms with Gasteiger partial charge in [-0.1, -0.05) is 122 Å². The number of carbonyl (C=O) groups excluding carboxylic acids is 1. The molecule has 0 aromatic carbocycles. The molecule has 0 bridgehead atoms. The van der Waals surface area contributed by atoms with Crippen molar-refractivity contribution in [2.75, 3.05) is 6.54 Å². The number of allylic oxidation sites excluding steroid dienone is 2. The Morgan fingerprint density at radius 3 is 1.23 bits per heavy atom. The molecule has 7 heteroatoms. The van der Waals surface area contributed by atoms with Crippen molar-refractivity contribution in [3.05, 3.63) is 12.2 Å². The van der Waals surface area contributed by atoms with E-state index >= 15 is 0 Å². The van der Waals surface area contributed by atoms with Crippen LogP contribution in [0.15, 0.2) is 12.2 Å². The molecule has 0 aliphatic rings. The summed E-state index contributed by atoms with van der Waals surface area (Å²) in [5.74, 6) is -3.86. The molecule has 0 amide bonds. The van der Waals surface area contributed by atoms with E-state index in [1.54, 1.807) is 0 Å². The summed E-state index contributed by atoms with van der Waals surface area (Å²) in [5, 5.41) is 30.9. The van der Waals surface area contributed by atoms with Crippen LogP contribution in [0, 0.1) is 0 Å². The fourth-order valence-corrected chi connectivity index (χ4v) is 5.90. The van der Waals surface area contributed by atoms with Crippen LogP contribution >= 0.6 is 0 Å². The molecule has 0 heterocycles. The number of rotatable bonds is 28. The first kappa shape index (κ1) is 38.1. The monoisotopic (exact) mass is 567 g/mol. The van der Waals surface area contributed by atoms with Crippen LogP contribution in [0.25, 0.3) is 0 Å². The molecular formula is C33H61NO6. The molecule has 3 unspecified atom stereocenters. The largest absolute Gasteiger partial charge is 0.544 e. The molecule has 0 rings (SSSR count). The first-order valence-corrected chi connectivity index (χ1v) is 16.3. The number of hydrogen-bond acceptors (Lipinski definition) is 4. The van der Waals surface area contributed by atoms with Gasteiger partial charge in [0.05, 0.1) is 12.5 Å². The number of aliphatic carboxylic acids is 3. The van der Waals surface area contributed by atoms with Crippen molar-refractivity contribution in [2.45, 2.75) is 174 Å². The minimum Gasteiger partial charge on any atom is -0.544 e. The van der Waals surface area contributed by atoms with Crippen LogP contribution in [0.2, 0.25) is 0 Å². The predicted octanol–water partition coefficient (Wildman–Crippen LogP) is 7.27. The number of carboxylic acids is 3. The lowest BCUT2D eigenvalue weighted by atomic mass is 10.0. The standard InChI is InChI=1S/C33H61NO6/c1-5-6-7-8-9-10-11-12-13-14-15-16-17-18-19-20-21-22-23-24-25-26-27-34(28(2)31(35)36,29(3)32(37)38)30(4)33(39)40/h23-24,28-30H,5-22,25-27H2,1-4H3,(H2-,35,36,37,38,39,40)/b24-23+. The molecule has 0 aliphatic heterocycles.